The number of nitrogens with zero attached hydrogens (tertiary/aromatic N) is 4. The monoisotopic (exact) mass is 462 g/mol. The van der Waals surface area contributed by atoms with E-state index in [1.54, 1.807) is 11.8 Å². The van der Waals surface area contributed by atoms with Gasteiger partial charge in [-0.2, -0.15) is 0 Å². The third-order valence-corrected chi connectivity index (χ3v) is 6.62. The van der Waals surface area contributed by atoms with Crippen molar-refractivity contribution >= 4 is 39.4 Å². The van der Waals surface area contributed by atoms with Crippen LogP contribution in [0.3, 0.4) is 0 Å². The maximum Gasteiger partial charge on any atom is 0.225 e. The maximum atomic E-state index is 12.7. The molecule has 2 aliphatic rings. The number of morpholine rings is 1. The third-order valence-electron chi connectivity index (χ3n) is 5.15. The van der Waals surface area contributed by atoms with Crippen LogP contribution in [-0.4, -0.2) is 60.4 Å². The van der Waals surface area contributed by atoms with E-state index in [-0.39, 0.29) is 11.8 Å². The van der Waals surface area contributed by atoms with Gasteiger partial charge in [0, 0.05) is 41.5 Å². The minimum Gasteiger partial charge on any atom is -0.378 e. The summed E-state index contributed by atoms with van der Waals surface area (Å²) in [7, 11) is 0. The number of piperidine rings is 1. The van der Waals surface area contributed by atoms with E-state index in [1.807, 2.05) is 29.2 Å². The minimum atomic E-state index is 0.120. The largest absolute Gasteiger partial charge is 0.378 e. The molecule has 0 bridgehead atoms. The molecule has 6 nitrogen and oxygen atoms in total. The summed E-state index contributed by atoms with van der Waals surface area (Å²) in [6.07, 6.45) is 1.74. The smallest absolute Gasteiger partial charge is 0.225 e. The van der Waals surface area contributed by atoms with E-state index in [2.05, 4.69) is 43.2 Å². The molecule has 4 rings (SSSR count). The Hall–Kier alpha value is -1.64. The zero-order chi connectivity index (χ0) is 19.3. The SMILES string of the molecule is O=C(C1CCN(c2ccc(Sc3ccc(Br)cc3)nn2)CC1)N1CCOCC1. The fourth-order valence-electron chi connectivity index (χ4n) is 3.56. The lowest BCUT2D eigenvalue weighted by Gasteiger charge is -2.35. The summed E-state index contributed by atoms with van der Waals surface area (Å²) >= 11 is 5.05. The molecule has 0 unspecified atom stereocenters. The first kappa shape index (κ1) is 19.7. The molecule has 0 saturated carbocycles. The molecule has 2 fully saturated rings. The van der Waals surface area contributed by atoms with Crippen LogP contribution in [0.15, 0.2) is 50.8 Å². The van der Waals surface area contributed by atoms with Gasteiger partial charge in [0.1, 0.15) is 5.03 Å². The molecule has 0 aliphatic carbocycles. The van der Waals surface area contributed by atoms with Gasteiger partial charge in [0.05, 0.1) is 13.2 Å². The second-order valence-corrected chi connectivity index (χ2v) is 8.99. The molecule has 2 aromatic rings. The van der Waals surface area contributed by atoms with Crippen LogP contribution >= 0.6 is 27.7 Å². The molecule has 0 atom stereocenters. The van der Waals surface area contributed by atoms with Gasteiger partial charge in [-0.1, -0.05) is 27.7 Å². The summed E-state index contributed by atoms with van der Waals surface area (Å²) in [4.78, 5) is 18.0. The van der Waals surface area contributed by atoms with Gasteiger partial charge in [0.15, 0.2) is 5.82 Å². The van der Waals surface area contributed by atoms with Crippen molar-refractivity contribution in [3.63, 3.8) is 0 Å². The number of hydrogen-bond donors (Lipinski definition) is 0. The van der Waals surface area contributed by atoms with E-state index < -0.39 is 0 Å². The molecule has 28 heavy (non-hydrogen) atoms. The molecular formula is C20H23BrN4O2S. The van der Waals surface area contributed by atoms with Crippen molar-refractivity contribution in [1.29, 1.82) is 0 Å². The van der Waals surface area contributed by atoms with Gasteiger partial charge in [-0.25, -0.2) is 0 Å². The second-order valence-electron chi connectivity index (χ2n) is 6.98. The quantitative estimate of drug-likeness (QED) is 0.693. The number of rotatable bonds is 4. The van der Waals surface area contributed by atoms with Crippen molar-refractivity contribution in [1.82, 2.24) is 15.1 Å². The Balaban J connectivity index is 1.30. The van der Waals surface area contributed by atoms with E-state index >= 15 is 0 Å². The van der Waals surface area contributed by atoms with Crippen molar-refractivity contribution in [2.24, 2.45) is 5.92 Å². The van der Waals surface area contributed by atoms with Gasteiger partial charge in [0.2, 0.25) is 5.91 Å². The fraction of sp³-hybridized carbons (Fsp3) is 0.450. The predicted molar refractivity (Wildman–Crippen MR) is 113 cm³/mol. The Morgan fingerprint density at radius 2 is 1.71 bits per heavy atom. The lowest BCUT2D eigenvalue weighted by Crippen LogP contribution is -2.47. The highest BCUT2D eigenvalue weighted by atomic mass is 79.9. The van der Waals surface area contributed by atoms with Crippen molar-refractivity contribution in [3.05, 3.63) is 40.9 Å². The van der Waals surface area contributed by atoms with E-state index in [1.165, 1.54) is 0 Å². The molecule has 1 amide bonds. The van der Waals surface area contributed by atoms with Crippen LogP contribution in [-0.2, 0) is 9.53 Å². The van der Waals surface area contributed by atoms with E-state index in [4.69, 9.17) is 4.74 Å². The summed E-state index contributed by atoms with van der Waals surface area (Å²) < 4.78 is 6.41. The van der Waals surface area contributed by atoms with Crippen molar-refractivity contribution in [2.45, 2.75) is 22.8 Å². The molecule has 1 aromatic heterocycles. The molecule has 2 saturated heterocycles. The number of ether oxygens (including phenoxy) is 1. The summed E-state index contributed by atoms with van der Waals surface area (Å²) in [5, 5.41) is 9.66. The molecule has 148 valence electrons. The first-order chi connectivity index (χ1) is 13.7. The number of carbonyl (C=O) groups is 1. The van der Waals surface area contributed by atoms with Crippen LogP contribution in [0.4, 0.5) is 5.82 Å². The van der Waals surface area contributed by atoms with Crippen LogP contribution in [0, 0.1) is 5.92 Å². The van der Waals surface area contributed by atoms with Crippen LogP contribution in [0.25, 0.3) is 0 Å². The van der Waals surface area contributed by atoms with E-state index in [0.29, 0.717) is 13.2 Å². The number of halogens is 1. The average molecular weight is 463 g/mol. The molecule has 0 spiro atoms. The molecule has 2 aliphatic heterocycles. The highest BCUT2D eigenvalue weighted by Crippen LogP contribution is 2.28. The summed E-state index contributed by atoms with van der Waals surface area (Å²) in [6.45, 7) is 4.45. The van der Waals surface area contributed by atoms with Crippen LogP contribution in [0.2, 0.25) is 0 Å². The molecular weight excluding hydrogens is 440 g/mol. The topological polar surface area (TPSA) is 58.6 Å². The van der Waals surface area contributed by atoms with Gasteiger partial charge in [0.25, 0.3) is 0 Å². The third kappa shape index (κ3) is 4.85. The lowest BCUT2D eigenvalue weighted by molar-refractivity contribution is -0.140. The van der Waals surface area contributed by atoms with Crippen LogP contribution < -0.4 is 4.90 Å². The summed E-state index contributed by atoms with van der Waals surface area (Å²) in [5.74, 6) is 1.29. The van der Waals surface area contributed by atoms with Crippen LogP contribution in [0.5, 0.6) is 0 Å². The zero-order valence-electron chi connectivity index (χ0n) is 15.6. The van der Waals surface area contributed by atoms with Gasteiger partial charge in [-0.05, 0) is 49.2 Å². The van der Waals surface area contributed by atoms with Gasteiger partial charge in [-0.15, -0.1) is 10.2 Å². The van der Waals surface area contributed by atoms with Crippen molar-refractivity contribution in [2.75, 3.05) is 44.3 Å². The minimum absolute atomic E-state index is 0.120. The molecule has 0 N–H and O–H groups in total. The standard InChI is InChI=1S/C20H23BrN4O2S/c21-16-1-3-17(4-2-16)28-19-6-5-18(22-23-19)24-9-7-15(8-10-24)20(26)25-11-13-27-14-12-25/h1-6,15H,7-14H2. The molecule has 0 radical (unpaired) electrons. The van der Waals surface area contributed by atoms with Crippen molar-refractivity contribution < 1.29 is 9.53 Å². The Labute approximate surface area is 177 Å². The summed E-state index contributed by atoms with van der Waals surface area (Å²) in [5.41, 5.74) is 0. The van der Waals surface area contributed by atoms with Gasteiger partial charge < -0.3 is 14.5 Å². The fourth-order valence-corrected chi connectivity index (χ4v) is 4.55. The first-order valence-electron chi connectivity index (χ1n) is 9.58. The lowest BCUT2D eigenvalue weighted by atomic mass is 9.95. The molecule has 8 heteroatoms. The highest BCUT2D eigenvalue weighted by Gasteiger charge is 2.29. The van der Waals surface area contributed by atoms with Crippen molar-refractivity contribution in [3.8, 4) is 0 Å². The molecule has 1 aromatic carbocycles. The molecule has 3 heterocycles. The number of anilines is 1. The normalized spacial score (nSPS) is 18.3. The summed E-state index contributed by atoms with van der Waals surface area (Å²) in [6, 6.07) is 12.2. The Morgan fingerprint density at radius 1 is 1.00 bits per heavy atom. The van der Waals surface area contributed by atoms with Crippen LogP contribution in [0.1, 0.15) is 12.8 Å². The maximum absolute atomic E-state index is 12.7. The number of carbonyl (C=O) groups excluding carboxylic acids is 1. The zero-order valence-corrected chi connectivity index (χ0v) is 18.0. The number of amides is 1. The van der Waals surface area contributed by atoms with Gasteiger partial charge in [-0.3, -0.25) is 4.79 Å². The first-order valence-corrected chi connectivity index (χ1v) is 11.2. The van der Waals surface area contributed by atoms with Gasteiger partial charge >= 0.3 is 0 Å². The Bertz CT molecular complexity index is 789. The Kier molecular flexibility index (Phi) is 6.49. The average Bonchev–Trinajstić information content (AvgIpc) is 2.76. The Morgan fingerprint density at radius 3 is 2.36 bits per heavy atom. The van der Waals surface area contributed by atoms with E-state index in [0.717, 1.165) is 59.2 Å². The second kappa shape index (κ2) is 9.24. The number of benzene rings is 1. The van der Waals surface area contributed by atoms with E-state index in [9.17, 15) is 4.79 Å². The number of aromatic nitrogens is 2. The highest BCUT2D eigenvalue weighted by molar-refractivity contribution is 9.10. The predicted octanol–water partition coefficient (Wildman–Crippen LogP) is 3.47. The number of hydrogen-bond acceptors (Lipinski definition) is 6.